The van der Waals surface area contributed by atoms with E-state index in [0.717, 1.165) is 11.3 Å². The van der Waals surface area contributed by atoms with Crippen LogP contribution in [0, 0.1) is 5.41 Å². The summed E-state index contributed by atoms with van der Waals surface area (Å²) in [5.74, 6) is 1.31. The van der Waals surface area contributed by atoms with Crippen molar-refractivity contribution in [3.8, 4) is 0 Å². The Kier molecular flexibility index (Phi) is 3.10. The monoisotopic (exact) mass is 214 g/mol. The fraction of sp³-hybridized carbons (Fsp3) is 1.00. The van der Waals surface area contributed by atoms with E-state index >= 15 is 0 Å². The largest absolute Gasteiger partial charge is 0.315 e. The fourth-order valence-electron chi connectivity index (χ4n) is 2.37. The van der Waals surface area contributed by atoms with Gasteiger partial charge in [-0.15, -0.1) is 0 Å². The van der Waals surface area contributed by atoms with E-state index in [1.54, 1.807) is 0 Å². The molecule has 0 aromatic carbocycles. The first-order chi connectivity index (χ1) is 6.61. The van der Waals surface area contributed by atoms with E-state index < -0.39 is 0 Å². The Morgan fingerprint density at radius 1 is 1.43 bits per heavy atom. The Labute approximate surface area is 91.8 Å². The molecule has 0 amide bonds. The van der Waals surface area contributed by atoms with Gasteiger partial charge in [0.2, 0.25) is 0 Å². The molecule has 82 valence electrons. The maximum atomic E-state index is 3.39. The average Bonchev–Trinajstić information content (AvgIpc) is 2.10. The van der Waals surface area contributed by atoms with Crippen molar-refractivity contribution in [3.05, 3.63) is 0 Å². The molecule has 1 N–H and O–H groups in total. The zero-order chi connectivity index (χ0) is 10.2. The fourth-order valence-corrected chi connectivity index (χ4v) is 3.53. The minimum atomic E-state index is 0.552. The van der Waals surface area contributed by atoms with Gasteiger partial charge in [-0.1, -0.05) is 13.8 Å². The lowest BCUT2D eigenvalue weighted by molar-refractivity contribution is 0.0855. The molecule has 0 aliphatic carbocycles. The molecule has 2 heterocycles. The predicted octanol–water partition coefficient (Wildman–Crippen LogP) is 1.42. The van der Waals surface area contributed by atoms with E-state index in [9.17, 15) is 0 Å². The molecule has 0 saturated carbocycles. The van der Waals surface area contributed by atoms with E-state index in [4.69, 9.17) is 0 Å². The van der Waals surface area contributed by atoms with Gasteiger partial charge in [0, 0.05) is 48.6 Å². The highest BCUT2D eigenvalue weighted by Crippen LogP contribution is 2.29. The summed E-state index contributed by atoms with van der Waals surface area (Å²) in [7, 11) is 0. The van der Waals surface area contributed by atoms with Crippen molar-refractivity contribution in [1.82, 2.24) is 10.2 Å². The van der Waals surface area contributed by atoms with Crippen LogP contribution in [0.25, 0.3) is 0 Å². The van der Waals surface area contributed by atoms with Crippen molar-refractivity contribution in [2.24, 2.45) is 5.41 Å². The SMILES string of the molecule is CC1SCCN(CC2(C)CNC2)C1C. The smallest absolute Gasteiger partial charge is 0.0184 e. The van der Waals surface area contributed by atoms with Crippen LogP contribution in [-0.2, 0) is 0 Å². The van der Waals surface area contributed by atoms with Gasteiger partial charge in [-0.2, -0.15) is 11.8 Å². The third-order valence-electron chi connectivity index (χ3n) is 3.70. The van der Waals surface area contributed by atoms with Crippen LogP contribution in [0.15, 0.2) is 0 Å². The van der Waals surface area contributed by atoms with Gasteiger partial charge in [-0.3, -0.25) is 4.90 Å². The summed E-state index contributed by atoms with van der Waals surface area (Å²) in [4.78, 5) is 2.68. The quantitative estimate of drug-likeness (QED) is 0.748. The van der Waals surface area contributed by atoms with E-state index in [1.165, 1.54) is 31.9 Å². The highest BCUT2D eigenvalue weighted by atomic mass is 32.2. The second-order valence-electron chi connectivity index (χ2n) is 5.20. The molecule has 14 heavy (non-hydrogen) atoms. The Hall–Kier alpha value is 0.270. The summed E-state index contributed by atoms with van der Waals surface area (Å²) < 4.78 is 0. The van der Waals surface area contributed by atoms with Gasteiger partial charge < -0.3 is 5.32 Å². The van der Waals surface area contributed by atoms with Crippen LogP contribution in [0.5, 0.6) is 0 Å². The van der Waals surface area contributed by atoms with Crippen molar-refractivity contribution < 1.29 is 0 Å². The van der Waals surface area contributed by atoms with E-state index in [2.05, 4.69) is 42.7 Å². The third kappa shape index (κ3) is 2.10. The third-order valence-corrected chi connectivity index (χ3v) is 5.04. The number of rotatable bonds is 2. The molecule has 2 aliphatic rings. The summed E-state index contributed by atoms with van der Waals surface area (Å²) in [6.07, 6.45) is 0. The Morgan fingerprint density at radius 2 is 2.14 bits per heavy atom. The molecule has 2 nitrogen and oxygen atoms in total. The number of nitrogens with zero attached hydrogens (tertiary/aromatic N) is 1. The molecule has 0 bridgehead atoms. The van der Waals surface area contributed by atoms with Crippen LogP contribution < -0.4 is 5.32 Å². The molecular weight excluding hydrogens is 192 g/mol. The second kappa shape index (κ2) is 4.03. The van der Waals surface area contributed by atoms with E-state index in [0.29, 0.717) is 5.41 Å². The van der Waals surface area contributed by atoms with Crippen LogP contribution in [-0.4, -0.2) is 48.1 Å². The Morgan fingerprint density at radius 3 is 2.71 bits per heavy atom. The van der Waals surface area contributed by atoms with Gasteiger partial charge in [0.15, 0.2) is 0 Å². The van der Waals surface area contributed by atoms with Crippen molar-refractivity contribution >= 4 is 11.8 Å². The summed E-state index contributed by atoms with van der Waals surface area (Å²) in [6, 6.07) is 0.756. The lowest BCUT2D eigenvalue weighted by Gasteiger charge is -2.47. The van der Waals surface area contributed by atoms with E-state index in [-0.39, 0.29) is 0 Å². The van der Waals surface area contributed by atoms with Crippen molar-refractivity contribution in [2.75, 3.05) is 31.9 Å². The van der Waals surface area contributed by atoms with Gasteiger partial charge in [-0.25, -0.2) is 0 Å². The van der Waals surface area contributed by atoms with E-state index in [1.807, 2.05) is 0 Å². The summed E-state index contributed by atoms with van der Waals surface area (Å²) >= 11 is 2.12. The molecule has 2 saturated heterocycles. The number of nitrogens with one attached hydrogen (secondary N) is 1. The van der Waals surface area contributed by atoms with Crippen LogP contribution in [0.4, 0.5) is 0 Å². The van der Waals surface area contributed by atoms with Crippen molar-refractivity contribution in [3.63, 3.8) is 0 Å². The first-order valence-electron chi connectivity index (χ1n) is 5.67. The minimum absolute atomic E-state index is 0.552. The zero-order valence-corrected chi connectivity index (χ0v) is 10.4. The molecule has 2 unspecified atom stereocenters. The van der Waals surface area contributed by atoms with Crippen LogP contribution >= 0.6 is 11.8 Å². The molecule has 0 aromatic rings. The maximum Gasteiger partial charge on any atom is 0.0184 e. The van der Waals surface area contributed by atoms with Crippen molar-refractivity contribution in [2.45, 2.75) is 32.1 Å². The molecule has 2 rings (SSSR count). The molecule has 2 fully saturated rings. The first-order valence-corrected chi connectivity index (χ1v) is 6.72. The highest BCUT2D eigenvalue weighted by molar-refractivity contribution is 8.00. The lowest BCUT2D eigenvalue weighted by atomic mass is 9.83. The molecule has 0 aromatic heterocycles. The van der Waals surface area contributed by atoms with Gasteiger partial charge in [0.05, 0.1) is 0 Å². The molecule has 3 heteroatoms. The first kappa shape index (κ1) is 10.8. The normalized spacial score (nSPS) is 37.9. The maximum absolute atomic E-state index is 3.39. The number of hydrogen-bond donors (Lipinski definition) is 1. The topological polar surface area (TPSA) is 15.3 Å². The van der Waals surface area contributed by atoms with Gasteiger partial charge in [-0.05, 0) is 6.92 Å². The minimum Gasteiger partial charge on any atom is -0.315 e. The van der Waals surface area contributed by atoms with Gasteiger partial charge in [0.25, 0.3) is 0 Å². The Bertz CT molecular complexity index is 203. The molecule has 0 radical (unpaired) electrons. The second-order valence-corrected chi connectivity index (χ2v) is 6.69. The van der Waals surface area contributed by atoms with Crippen LogP contribution in [0.1, 0.15) is 20.8 Å². The summed E-state index contributed by atoms with van der Waals surface area (Å²) in [5, 5.41) is 4.19. The van der Waals surface area contributed by atoms with Crippen LogP contribution in [0.2, 0.25) is 0 Å². The highest BCUT2D eigenvalue weighted by Gasteiger charge is 2.36. The summed E-state index contributed by atoms with van der Waals surface area (Å²) in [5.41, 5.74) is 0.552. The lowest BCUT2D eigenvalue weighted by Crippen LogP contribution is -2.59. The Balaban J connectivity index is 1.89. The van der Waals surface area contributed by atoms with Crippen molar-refractivity contribution in [1.29, 1.82) is 0 Å². The predicted molar refractivity (Wildman–Crippen MR) is 63.9 cm³/mol. The molecular formula is C11H22N2S. The summed E-state index contributed by atoms with van der Waals surface area (Å²) in [6.45, 7) is 12.1. The van der Waals surface area contributed by atoms with Crippen LogP contribution in [0.3, 0.4) is 0 Å². The molecule has 2 atom stereocenters. The average molecular weight is 214 g/mol. The van der Waals surface area contributed by atoms with Gasteiger partial charge in [0.1, 0.15) is 0 Å². The molecule has 2 aliphatic heterocycles. The zero-order valence-electron chi connectivity index (χ0n) is 9.55. The molecule has 0 spiro atoms. The number of thioether (sulfide) groups is 1. The van der Waals surface area contributed by atoms with Gasteiger partial charge >= 0.3 is 0 Å². The standard InChI is InChI=1S/C11H22N2S/c1-9-10(2)14-5-4-13(9)8-11(3)6-12-7-11/h9-10,12H,4-8H2,1-3H3. The number of hydrogen-bond acceptors (Lipinski definition) is 3.